The number of likely N-dealkylation sites (N-methyl/N-ethyl adjacent to an activating group) is 1. The molecule has 7 heteroatoms. The number of furan rings is 1. The molecule has 2 aromatic heterocycles. The first-order chi connectivity index (χ1) is 11.3. The van der Waals surface area contributed by atoms with Gasteiger partial charge in [-0.25, -0.2) is 4.68 Å². The van der Waals surface area contributed by atoms with Gasteiger partial charge in [-0.15, -0.1) is 5.10 Å². The summed E-state index contributed by atoms with van der Waals surface area (Å²) in [6, 6.07) is 4.25. The Hall–Kier alpha value is -1.73. The van der Waals surface area contributed by atoms with Gasteiger partial charge in [0.2, 0.25) is 5.82 Å². The molecule has 1 fully saturated rings. The fourth-order valence-corrected chi connectivity index (χ4v) is 3.56. The van der Waals surface area contributed by atoms with Gasteiger partial charge in [-0.1, -0.05) is 13.3 Å². The predicted molar refractivity (Wildman–Crippen MR) is 85.2 cm³/mol. The molecule has 0 aliphatic carbocycles. The van der Waals surface area contributed by atoms with Gasteiger partial charge in [0.1, 0.15) is 44.5 Å². The molecular weight excluding hydrogens is 292 g/mol. The minimum atomic E-state index is 0.378. The third kappa shape index (κ3) is 3.79. The van der Waals surface area contributed by atoms with E-state index in [1.807, 2.05) is 16.8 Å². The van der Waals surface area contributed by atoms with Crippen LogP contribution in [-0.4, -0.2) is 52.9 Å². The Kier molecular flexibility index (Phi) is 5.40. The van der Waals surface area contributed by atoms with Crippen molar-refractivity contribution >= 4 is 0 Å². The van der Waals surface area contributed by atoms with Gasteiger partial charge in [-0.2, -0.15) is 0 Å². The lowest BCUT2D eigenvalue weighted by Crippen LogP contribution is -3.28. The van der Waals surface area contributed by atoms with E-state index in [9.17, 15) is 0 Å². The fourth-order valence-electron chi connectivity index (χ4n) is 3.56. The van der Waals surface area contributed by atoms with Crippen molar-refractivity contribution in [3.63, 3.8) is 0 Å². The molecule has 0 saturated carbocycles. The van der Waals surface area contributed by atoms with Crippen molar-refractivity contribution in [3.05, 3.63) is 30.0 Å². The molecule has 0 spiro atoms. The number of hydrogen-bond acceptors (Lipinski definition) is 4. The van der Waals surface area contributed by atoms with Crippen molar-refractivity contribution in [1.82, 2.24) is 20.2 Å². The molecule has 0 aromatic carbocycles. The number of rotatable bonds is 7. The molecule has 7 nitrogen and oxygen atoms in total. The molecule has 2 aromatic rings. The number of piperazine rings is 1. The number of tetrazole rings is 1. The highest BCUT2D eigenvalue weighted by Gasteiger charge is 2.33. The zero-order chi connectivity index (χ0) is 16.1. The van der Waals surface area contributed by atoms with Crippen LogP contribution >= 0.6 is 0 Å². The number of nitrogens with one attached hydrogen (secondary N) is 2. The Morgan fingerprint density at radius 2 is 2.09 bits per heavy atom. The molecule has 3 rings (SSSR count). The smallest absolute Gasteiger partial charge is 0.209 e. The number of hydrogen-bond donors (Lipinski definition) is 2. The summed E-state index contributed by atoms with van der Waals surface area (Å²) in [5.74, 6) is 1.89. The lowest BCUT2D eigenvalue weighted by Gasteiger charge is -2.33. The molecule has 0 amide bonds. The molecule has 1 saturated heterocycles. The SMILES string of the molecule is CCC[C@H](c1nnnn1Cc1ccco1)[NH+]1CC[NH+](CC)CC1. The molecule has 1 aliphatic rings. The first-order valence-corrected chi connectivity index (χ1v) is 8.78. The lowest BCUT2D eigenvalue weighted by molar-refractivity contribution is -1.03. The molecule has 0 radical (unpaired) electrons. The Labute approximate surface area is 137 Å². The first-order valence-electron chi connectivity index (χ1n) is 8.78. The predicted octanol–water partition coefficient (Wildman–Crippen LogP) is -1.04. The Morgan fingerprint density at radius 1 is 1.26 bits per heavy atom. The van der Waals surface area contributed by atoms with Gasteiger partial charge in [0.05, 0.1) is 12.8 Å². The highest BCUT2D eigenvalue weighted by Crippen LogP contribution is 2.14. The Morgan fingerprint density at radius 3 is 2.74 bits per heavy atom. The average molecular weight is 320 g/mol. The highest BCUT2D eigenvalue weighted by atomic mass is 16.3. The summed E-state index contributed by atoms with van der Waals surface area (Å²) >= 11 is 0. The van der Waals surface area contributed by atoms with Crippen LogP contribution in [0, 0.1) is 0 Å². The summed E-state index contributed by atoms with van der Waals surface area (Å²) in [4.78, 5) is 3.33. The lowest BCUT2D eigenvalue weighted by atomic mass is 10.1. The standard InChI is InChI=1S/C16H26N6O/c1-3-6-15(21-10-8-20(4-2)9-11-21)16-17-18-19-22(16)13-14-7-5-12-23-14/h5,7,12,15H,3-4,6,8-11,13H2,1-2H3/p+2/t15-/m1/s1. The summed E-state index contributed by atoms with van der Waals surface area (Å²) in [6.07, 6.45) is 3.96. The molecule has 3 heterocycles. The van der Waals surface area contributed by atoms with Gasteiger partial charge in [0.25, 0.3) is 0 Å². The van der Waals surface area contributed by atoms with E-state index in [1.54, 1.807) is 16.1 Å². The van der Waals surface area contributed by atoms with Crippen molar-refractivity contribution in [3.8, 4) is 0 Å². The average Bonchev–Trinajstić information content (AvgIpc) is 3.25. The zero-order valence-corrected chi connectivity index (χ0v) is 14.2. The van der Waals surface area contributed by atoms with Crippen LogP contribution in [0.2, 0.25) is 0 Å². The second kappa shape index (κ2) is 7.70. The molecule has 126 valence electrons. The van der Waals surface area contributed by atoms with Crippen molar-refractivity contribution in [2.45, 2.75) is 39.3 Å². The summed E-state index contributed by atoms with van der Waals surface area (Å²) in [6.45, 7) is 11.2. The topological polar surface area (TPSA) is 65.6 Å². The monoisotopic (exact) mass is 320 g/mol. The Balaban J connectivity index is 1.75. The van der Waals surface area contributed by atoms with Crippen LogP contribution in [-0.2, 0) is 6.54 Å². The van der Waals surface area contributed by atoms with E-state index < -0.39 is 0 Å². The number of quaternary nitrogens is 2. The second-order valence-corrected chi connectivity index (χ2v) is 6.38. The van der Waals surface area contributed by atoms with Gasteiger partial charge in [0, 0.05) is 6.42 Å². The summed E-state index contributed by atoms with van der Waals surface area (Å²) in [5.41, 5.74) is 0. The van der Waals surface area contributed by atoms with Crippen molar-refractivity contribution < 1.29 is 14.2 Å². The van der Waals surface area contributed by atoms with Gasteiger partial charge >= 0.3 is 0 Å². The van der Waals surface area contributed by atoms with E-state index in [0.717, 1.165) is 24.4 Å². The van der Waals surface area contributed by atoms with Crippen LogP contribution < -0.4 is 9.80 Å². The first kappa shape index (κ1) is 16.1. The normalized spacial score (nSPS) is 23.0. The van der Waals surface area contributed by atoms with E-state index >= 15 is 0 Å². The van der Waals surface area contributed by atoms with Crippen LogP contribution in [0.15, 0.2) is 22.8 Å². The summed E-state index contributed by atoms with van der Waals surface area (Å²) < 4.78 is 7.36. The fraction of sp³-hybridized carbons (Fsp3) is 0.688. The maximum absolute atomic E-state index is 5.45. The minimum Gasteiger partial charge on any atom is -0.467 e. The second-order valence-electron chi connectivity index (χ2n) is 6.38. The summed E-state index contributed by atoms with van der Waals surface area (Å²) in [7, 11) is 0. The third-order valence-electron chi connectivity index (χ3n) is 4.93. The third-order valence-corrected chi connectivity index (χ3v) is 4.93. The van der Waals surface area contributed by atoms with Crippen molar-refractivity contribution in [1.29, 1.82) is 0 Å². The maximum atomic E-state index is 5.45. The van der Waals surface area contributed by atoms with Gasteiger partial charge in [0.15, 0.2) is 0 Å². The largest absolute Gasteiger partial charge is 0.467 e. The maximum Gasteiger partial charge on any atom is 0.209 e. The molecule has 23 heavy (non-hydrogen) atoms. The van der Waals surface area contributed by atoms with E-state index in [0.29, 0.717) is 12.6 Å². The van der Waals surface area contributed by atoms with Crippen molar-refractivity contribution in [2.75, 3.05) is 32.7 Å². The van der Waals surface area contributed by atoms with Gasteiger partial charge in [-0.3, -0.25) is 0 Å². The van der Waals surface area contributed by atoms with Crippen LogP contribution in [0.5, 0.6) is 0 Å². The molecule has 1 aliphatic heterocycles. The van der Waals surface area contributed by atoms with E-state index in [-0.39, 0.29) is 0 Å². The minimum absolute atomic E-state index is 0.378. The van der Waals surface area contributed by atoms with Crippen LogP contribution in [0.3, 0.4) is 0 Å². The van der Waals surface area contributed by atoms with E-state index in [4.69, 9.17) is 4.42 Å². The Bertz CT molecular complexity index is 573. The van der Waals surface area contributed by atoms with E-state index in [1.165, 1.54) is 32.7 Å². The van der Waals surface area contributed by atoms with E-state index in [2.05, 4.69) is 29.4 Å². The van der Waals surface area contributed by atoms with Gasteiger partial charge in [-0.05, 0) is 29.5 Å². The molecule has 2 N–H and O–H groups in total. The van der Waals surface area contributed by atoms with Crippen LogP contribution in [0.4, 0.5) is 0 Å². The van der Waals surface area contributed by atoms with Crippen LogP contribution in [0.25, 0.3) is 0 Å². The molecule has 0 bridgehead atoms. The summed E-state index contributed by atoms with van der Waals surface area (Å²) in [5, 5.41) is 12.5. The van der Waals surface area contributed by atoms with Crippen LogP contribution in [0.1, 0.15) is 44.3 Å². The zero-order valence-electron chi connectivity index (χ0n) is 14.2. The van der Waals surface area contributed by atoms with Crippen molar-refractivity contribution in [2.24, 2.45) is 0 Å². The quantitative estimate of drug-likeness (QED) is 0.684. The molecule has 0 unspecified atom stereocenters. The molecule has 1 atom stereocenters. The number of aromatic nitrogens is 4. The highest BCUT2D eigenvalue weighted by molar-refractivity contribution is 5.00. The molecular formula is C16H28N6O+2. The van der Waals surface area contributed by atoms with Gasteiger partial charge < -0.3 is 14.2 Å². The number of nitrogens with zero attached hydrogens (tertiary/aromatic N) is 4.